The van der Waals surface area contributed by atoms with Crippen LogP contribution in [0.25, 0.3) is 44.6 Å². The van der Waals surface area contributed by atoms with E-state index >= 15 is 0 Å². The van der Waals surface area contributed by atoms with E-state index in [2.05, 4.69) is 122 Å². The van der Waals surface area contributed by atoms with E-state index in [9.17, 15) is 9.59 Å². The molecule has 0 spiro atoms. The number of benzene rings is 2. The fourth-order valence-corrected chi connectivity index (χ4v) is 8.39. The minimum atomic E-state index is -0.900. The van der Waals surface area contributed by atoms with Crippen LogP contribution in [-0.4, -0.2) is 67.2 Å². The van der Waals surface area contributed by atoms with Gasteiger partial charge in [-0.2, -0.15) is 10.2 Å². The molecular weight excluding hydrogens is 807 g/mol. The fraction of sp³-hybridized carbons (Fsp3) is 0.333. The number of ketones is 1. The quantitative estimate of drug-likeness (QED) is 0.105. The van der Waals surface area contributed by atoms with Crippen LogP contribution in [0.5, 0.6) is 0 Å². The van der Waals surface area contributed by atoms with E-state index in [4.69, 9.17) is 10.8 Å². The maximum atomic E-state index is 12.8. The van der Waals surface area contributed by atoms with Gasteiger partial charge in [0.25, 0.3) is 0 Å². The summed E-state index contributed by atoms with van der Waals surface area (Å²) in [5.74, 6) is -0.635. The van der Waals surface area contributed by atoms with E-state index in [1.807, 2.05) is 33.8 Å². The molecule has 0 amide bonds. The van der Waals surface area contributed by atoms with Gasteiger partial charge in [-0.05, 0) is 61.1 Å². The van der Waals surface area contributed by atoms with Crippen molar-refractivity contribution >= 4 is 56.5 Å². The molecule has 2 aromatic carbocycles. The average molecular weight is 858 g/mol. The number of aryl methyl sites for hydroxylation is 2. The smallest absolute Gasteiger partial charge is 0.347 e. The van der Waals surface area contributed by atoms with Crippen LogP contribution in [0.4, 0.5) is 0 Å². The van der Waals surface area contributed by atoms with Gasteiger partial charge in [0.15, 0.2) is 17.1 Å². The molecule has 316 valence electrons. The zero-order chi connectivity index (χ0) is 44.2. The number of carbonyl (C=O) groups is 2. The molecule has 16 heteroatoms. The number of carbonyl (C=O) groups excluding carboxylic acids is 1. The summed E-state index contributed by atoms with van der Waals surface area (Å²) in [4.78, 5) is 50.0. The van der Waals surface area contributed by atoms with Gasteiger partial charge in [0, 0.05) is 40.6 Å². The summed E-state index contributed by atoms with van der Waals surface area (Å²) in [7, 11) is 0. The third kappa shape index (κ3) is 10.4. The Kier molecular flexibility index (Phi) is 13.3. The van der Waals surface area contributed by atoms with Crippen molar-refractivity contribution in [1.82, 2.24) is 50.3 Å². The lowest BCUT2D eigenvalue weighted by atomic mass is 9.90. The van der Waals surface area contributed by atoms with Crippen molar-refractivity contribution in [2.45, 2.75) is 98.4 Å². The van der Waals surface area contributed by atoms with Crippen LogP contribution in [0, 0.1) is 13.8 Å². The number of thiazole rings is 2. The number of aromatic nitrogens is 10. The number of H-pyrrole nitrogens is 2. The Labute approximate surface area is 362 Å². The number of carboxylic acid groups (broad SMARTS) is 1. The number of aromatic carboxylic acids is 1. The van der Waals surface area contributed by atoms with Gasteiger partial charge in [-0.25, -0.2) is 34.7 Å². The molecule has 8 rings (SSSR count). The van der Waals surface area contributed by atoms with Gasteiger partial charge in [-0.15, -0.1) is 22.7 Å². The highest BCUT2D eigenvalue weighted by Crippen LogP contribution is 2.33. The van der Waals surface area contributed by atoms with Gasteiger partial charge in [-0.3, -0.25) is 15.0 Å². The van der Waals surface area contributed by atoms with Gasteiger partial charge in [-0.1, -0.05) is 72.7 Å². The Hall–Kier alpha value is -6.10. The van der Waals surface area contributed by atoms with Crippen LogP contribution in [0.1, 0.15) is 125 Å². The van der Waals surface area contributed by atoms with E-state index in [0.717, 1.165) is 70.6 Å². The number of nitrogens with one attached hydrogen (secondary N) is 2. The molecule has 0 aliphatic heterocycles. The molecule has 0 fully saturated rings. The highest BCUT2D eigenvalue weighted by Gasteiger charge is 2.23. The van der Waals surface area contributed by atoms with Crippen molar-refractivity contribution in [2.24, 2.45) is 5.73 Å². The fourth-order valence-electron chi connectivity index (χ4n) is 6.66. The van der Waals surface area contributed by atoms with Gasteiger partial charge >= 0.3 is 5.97 Å². The highest BCUT2D eigenvalue weighted by atomic mass is 32.1. The lowest BCUT2D eigenvalue weighted by molar-refractivity contribution is 0.0701. The summed E-state index contributed by atoms with van der Waals surface area (Å²) in [6.45, 7) is 20.6. The Balaban J connectivity index is 0.000000171. The number of carboxylic acids is 1. The lowest BCUT2D eigenvalue weighted by Crippen LogP contribution is -2.09. The van der Waals surface area contributed by atoms with Crippen LogP contribution >= 0.6 is 22.7 Å². The van der Waals surface area contributed by atoms with Crippen LogP contribution < -0.4 is 5.73 Å². The van der Waals surface area contributed by atoms with Crippen LogP contribution in [0.3, 0.4) is 0 Å². The summed E-state index contributed by atoms with van der Waals surface area (Å²) in [6, 6.07) is 12.5. The van der Waals surface area contributed by atoms with Crippen LogP contribution in [0.2, 0.25) is 0 Å². The Morgan fingerprint density at radius 1 is 0.672 bits per heavy atom. The monoisotopic (exact) mass is 857 g/mol. The number of nitrogens with zero attached hydrogens (tertiary/aromatic N) is 8. The molecule has 2 unspecified atom stereocenters. The molecular formula is C45H51N11O3S2. The lowest BCUT2D eigenvalue weighted by Gasteiger charge is -2.15. The maximum Gasteiger partial charge on any atom is 0.347 e. The minimum Gasteiger partial charge on any atom is -0.477 e. The minimum absolute atomic E-state index is 0.0355. The molecule has 6 aromatic heterocycles. The van der Waals surface area contributed by atoms with E-state index in [1.165, 1.54) is 40.0 Å². The summed E-state index contributed by atoms with van der Waals surface area (Å²) >= 11 is 2.74. The molecule has 6 heterocycles. The second-order valence-electron chi connectivity index (χ2n) is 17.0. The standard InChI is InChI=1S/C23H25N5OS.C14H15N5.C8H11NO2S/c1-13-8-15(20-17-10-27-28-21(17)26-12-25-20)6-7-16(13)14(2)9-18(29)19-11-24-22(30-19)23(3,4)5;1-8-5-10(3-4-11(8)9(2)15)13-12-6-18-19-14(12)17-7-16-13;1-8(2,3)7-9-4-5(12-7)6(10)11/h6-8,10-12,14H,9H2,1-5H3,(H,25,26,27,28);3-7,9H,15H2,1-2H3,(H,16,17,18,19);4H,1-3H3,(H,10,11). The van der Waals surface area contributed by atoms with E-state index < -0.39 is 5.97 Å². The van der Waals surface area contributed by atoms with Gasteiger partial charge < -0.3 is 10.8 Å². The predicted molar refractivity (Wildman–Crippen MR) is 242 cm³/mol. The SMILES string of the molecule is CC(C)(C)c1ncc(C(=O)O)s1.Cc1cc(-c2ncnc3[nH]ncc23)ccc1C(C)CC(=O)c1cnc(C(C)(C)C)s1.Cc1cc(-c2ncnc3[nH]ncc23)ccc1C(C)N. The first kappa shape index (κ1) is 44.5. The molecule has 0 saturated heterocycles. The summed E-state index contributed by atoms with van der Waals surface area (Å²) in [5, 5.41) is 26.1. The molecule has 0 aliphatic rings. The van der Waals surface area contributed by atoms with E-state index in [0.29, 0.717) is 11.3 Å². The molecule has 2 atom stereocenters. The molecule has 0 aliphatic carbocycles. The first-order valence-corrected chi connectivity index (χ1v) is 21.4. The number of nitrogens with two attached hydrogens (primary N) is 1. The Bertz CT molecular complexity index is 2810. The van der Waals surface area contributed by atoms with Crippen molar-refractivity contribution in [3.63, 3.8) is 0 Å². The molecule has 0 bridgehead atoms. The molecule has 8 aromatic rings. The highest BCUT2D eigenvalue weighted by molar-refractivity contribution is 7.14. The summed E-state index contributed by atoms with van der Waals surface area (Å²) in [5.41, 5.74) is 15.8. The first-order chi connectivity index (χ1) is 28.8. The second-order valence-corrected chi connectivity index (χ2v) is 19.1. The largest absolute Gasteiger partial charge is 0.477 e. The van der Waals surface area contributed by atoms with Gasteiger partial charge in [0.2, 0.25) is 0 Å². The van der Waals surface area contributed by atoms with Crippen LogP contribution in [0.15, 0.2) is 73.8 Å². The van der Waals surface area contributed by atoms with Gasteiger partial charge in [0.1, 0.15) is 17.5 Å². The average Bonchev–Trinajstić information content (AvgIpc) is 4.04. The summed E-state index contributed by atoms with van der Waals surface area (Å²) in [6.07, 6.45) is 10.2. The normalized spacial score (nSPS) is 12.6. The van der Waals surface area contributed by atoms with E-state index in [1.54, 1.807) is 31.2 Å². The zero-order valence-electron chi connectivity index (χ0n) is 36.0. The molecule has 61 heavy (non-hydrogen) atoms. The third-order valence-corrected chi connectivity index (χ3v) is 12.8. The van der Waals surface area contributed by atoms with Crippen molar-refractivity contribution < 1.29 is 14.7 Å². The second kappa shape index (κ2) is 18.3. The topological polar surface area (TPSA) is 215 Å². The number of hydrogen-bond acceptors (Lipinski definition) is 13. The third-order valence-electron chi connectivity index (χ3n) is 9.88. The van der Waals surface area contributed by atoms with Crippen molar-refractivity contribution in [2.75, 3.05) is 0 Å². The van der Waals surface area contributed by atoms with Crippen LogP contribution in [-0.2, 0) is 10.8 Å². The Morgan fingerprint density at radius 2 is 1.13 bits per heavy atom. The van der Waals surface area contributed by atoms with E-state index in [-0.39, 0.29) is 28.6 Å². The number of hydrogen-bond donors (Lipinski definition) is 4. The zero-order valence-corrected chi connectivity index (χ0v) is 37.7. The van der Waals surface area contributed by atoms with Crippen molar-refractivity contribution in [3.8, 4) is 22.5 Å². The number of aromatic amines is 2. The molecule has 0 radical (unpaired) electrons. The Morgan fingerprint density at radius 3 is 1.54 bits per heavy atom. The number of fused-ring (bicyclic) bond motifs is 2. The molecule has 5 N–H and O–H groups in total. The maximum absolute atomic E-state index is 12.8. The van der Waals surface area contributed by atoms with Crippen molar-refractivity contribution in [3.05, 3.63) is 116 Å². The summed E-state index contributed by atoms with van der Waals surface area (Å²) < 4.78 is 0. The van der Waals surface area contributed by atoms with Crippen molar-refractivity contribution in [1.29, 1.82) is 0 Å². The first-order valence-electron chi connectivity index (χ1n) is 19.8. The molecule has 14 nitrogen and oxygen atoms in total. The van der Waals surface area contributed by atoms with Gasteiger partial charge in [0.05, 0.1) is 55.6 Å². The number of Topliss-reactive ketones (excluding diaryl/α,β-unsaturated/α-hetero) is 1. The predicted octanol–water partition coefficient (Wildman–Crippen LogP) is 9.95. The molecule has 0 saturated carbocycles. The number of rotatable bonds is 8.